The molecule has 0 fully saturated rings. The van der Waals surface area contributed by atoms with Gasteiger partial charge in [0.25, 0.3) is 0 Å². The highest BCUT2D eigenvalue weighted by molar-refractivity contribution is 7.80. The molecule has 0 saturated heterocycles. The number of carbonyl (C=O) groups is 1. The van der Waals surface area contributed by atoms with E-state index >= 15 is 0 Å². The van der Waals surface area contributed by atoms with Crippen LogP contribution >= 0.6 is 12.2 Å². The second-order valence-corrected chi connectivity index (χ2v) is 3.46. The number of rotatable bonds is 4. The Balaban J connectivity index is 2.18. The molecule has 0 radical (unpaired) electrons. The van der Waals surface area contributed by atoms with Crippen molar-refractivity contribution in [2.75, 3.05) is 6.61 Å². The van der Waals surface area contributed by atoms with E-state index in [-0.39, 0.29) is 5.11 Å². The number of thiocarbonyl (C=S) groups is 1. The molecule has 0 aliphatic carbocycles. The molecule has 0 heterocycles. The molecule has 92 valence electrons. The molecule has 2 N–H and O–H groups in total. The molecule has 1 aromatic carbocycles. The molecule has 1 aromatic rings. The smallest absolute Gasteiger partial charge is 0.413 e. The van der Waals surface area contributed by atoms with Crippen molar-refractivity contribution < 1.29 is 14.4 Å². The van der Waals surface area contributed by atoms with Crippen LogP contribution in [0.15, 0.2) is 30.3 Å². The zero-order valence-corrected chi connectivity index (χ0v) is 10.3. The van der Waals surface area contributed by atoms with Crippen molar-refractivity contribution in [2.45, 2.75) is 13.5 Å². The van der Waals surface area contributed by atoms with E-state index in [2.05, 4.69) is 15.5 Å². The topological polar surface area (TPSA) is 59.6 Å². The van der Waals surface area contributed by atoms with Crippen molar-refractivity contribution in [3.05, 3.63) is 35.9 Å². The molecule has 0 spiro atoms. The van der Waals surface area contributed by atoms with Gasteiger partial charge in [-0.15, -0.1) is 0 Å². The van der Waals surface area contributed by atoms with Gasteiger partial charge in [-0.25, -0.2) is 10.3 Å². The predicted octanol–water partition coefficient (Wildman–Crippen LogP) is 1.74. The second-order valence-electron chi connectivity index (χ2n) is 3.05. The van der Waals surface area contributed by atoms with Crippen LogP contribution in [0.2, 0.25) is 0 Å². The molecule has 17 heavy (non-hydrogen) atoms. The third-order valence-corrected chi connectivity index (χ3v) is 1.92. The molecule has 1 rings (SSSR count). The number of amides is 1. The number of hydrogen-bond donors (Lipinski definition) is 2. The van der Waals surface area contributed by atoms with Gasteiger partial charge >= 0.3 is 6.09 Å². The standard InChI is InChI=1S/C11H14N2O3S/c1-2-15-11(14)12-10(17)13-16-8-9-6-4-3-5-7-9/h3-7H,2,8H2,1H3,(H2,12,13,14,17). The Morgan fingerprint density at radius 3 is 2.71 bits per heavy atom. The average molecular weight is 254 g/mol. The van der Waals surface area contributed by atoms with Crippen molar-refractivity contribution in [3.63, 3.8) is 0 Å². The first-order chi connectivity index (χ1) is 8.22. The maximum Gasteiger partial charge on any atom is 0.413 e. The second kappa shape index (κ2) is 7.59. The maximum atomic E-state index is 11.0. The molecule has 0 saturated carbocycles. The summed E-state index contributed by atoms with van der Waals surface area (Å²) in [5.74, 6) is 0. The zero-order chi connectivity index (χ0) is 12.5. The zero-order valence-electron chi connectivity index (χ0n) is 9.43. The van der Waals surface area contributed by atoms with Crippen LogP contribution in [0, 0.1) is 0 Å². The maximum absolute atomic E-state index is 11.0. The van der Waals surface area contributed by atoms with Gasteiger partial charge < -0.3 is 4.74 Å². The summed E-state index contributed by atoms with van der Waals surface area (Å²) in [6, 6.07) is 9.58. The first-order valence-electron chi connectivity index (χ1n) is 5.12. The van der Waals surface area contributed by atoms with E-state index in [4.69, 9.17) is 17.1 Å². The number of alkyl carbamates (subject to hydrolysis) is 1. The van der Waals surface area contributed by atoms with E-state index < -0.39 is 6.09 Å². The van der Waals surface area contributed by atoms with Crippen molar-refractivity contribution in [1.29, 1.82) is 0 Å². The van der Waals surface area contributed by atoms with Gasteiger partial charge in [0, 0.05) is 0 Å². The minimum absolute atomic E-state index is 0.0689. The summed E-state index contributed by atoms with van der Waals surface area (Å²) >= 11 is 4.81. The van der Waals surface area contributed by atoms with E-state index in [9.17, 15) is 4.79 Å². The summed E-state index contributed by atoms with van der Waals surface area (Å²) in [6.45, 7) is 2.35. The molecule has 1 amide bonds. The van der Waals surface area contributed by atoms with Crippen LogP contribution < -0.4 is 10.8 Å². The van der Waals surface area contributed by atoms with Crippen molar-refractivity contribution in [1.82, 2.24) is 10.8 Å². The van der Waals surface area contributed by atoms with Gasteiger partial charge in [-0.2, -0.15) is 0 Å². The van der Waals surface area contributed by atoms with Crippen LogP contribution in [-0.4, -0.2) is 17.8 Å². The molecule has 5 nitrogen and oxygen atoms in total. The fraction of sp³-hybridized carbons (Fsp3) is 0.273. The van der Waals surface area contributed by atoms with E-state index in [1.165, 1.54) is 0 Å². The van der Waals surface area contributed by atoms with Gasteiger partial charge in [0.1, 0.15) is 0 Å². The summed E-state index contributed by atoms with van der Waals surface area (Å²) < 4.78 is 4.64. The normalized spacial score (nSPS) is 9.47. The van der Waals surface area contributed by atoms with E-state index in [0.29, 0.717) is 13.2 Å². The lowest BCUT2D eigenvalue weighted by molar-refractivity contribution is 0.0700. The fourth-order valence-corrected chi connectivity index (χ4v) is 1.19. The summed E-state index contributed by atoms with van der Waals surface area (Å²) in [5, 5.41) is 2.37. The molecule has 0 atom stereocenters. The fourth-order valence-electron chi connectivity index (χ4n) is 1.04. The summed E-state index contributed by atoms with van der Waals surface area (Å²) in [7, 11) is 0. The SMILES string of the molecule is CCOC(=O)NC(=S)NOCc1ccccc1. The summed E-state index contributed by atoms with van der Waals surface area (Å²) in [5.41, 5.74) is 3.44. The molecular weight excluding hydrogens is 240 g/mol. The number of hydroxylamine groups is 1. The van der Waals surface area contributed by atoms with E-state index in [0.717, 1.165) is 5.56 Å². The monoisotopic (exact) mass is 254 g/mol. The third kappa shape index (κ3) is 5.84. The molecule has 0 aliphatic rings. The van der Waals surface area contributed by atoms with E-state index in [1.807, 2.05) is 30.3 Å². The van der Waals surface area contributed by atoms with Crippen LogP contribution in [0.3, 0.4) is 0 Å². The van der Waals surface area contributed by atoms with Crippen LogP contribution in [0.5, 0.6) is 0 Å². The van der Waals surface area contributed by atoms with Crippen molar-refractivity contribution in [3.8, 4) is 0 Å². The third-order valence-electron chi connectivity index (χ3n) is 1.74. The Hall–Kier alpha value is -1.66. The predicted molar refractivity (Wildman–Crippen MR) is 67.1 cm³/mol. The first kappa shape index (κ1) is 13.4. The van der Waals surface area contributed by atoms with Gasteiger partial charge in [-0.3, -0.25) is 10.2 Å². The molecule has 0 aliphatic heterocycles. The Morgan fingerprint density at radius 2 is 2.06 bits per heavy atom. The van der Waals surface area contributed by atoms with Gasteiger partial charge in [0.2, 0.25) is 0 Å². The molecule has 0 bridgehead atoms. The van der Waals surface area contributed by atoms with Gasteiger partial charge in [-0.1, -0.05) is 30.3 Å². The molecule has 0 unspecified atom stereocenters. The lowest BCUT2D eigenvalue weighted by atomic mass is 10.2. The van der Waals surface area contributed by atoms with Gasteiger partial charge in [-0.05, 0) is 24.7 Å². The van der Waals surface area contributed by atoms with Crippen LogP contribution in [0.4, 0.5) is 4.79 Å². The van der Waals surface area contributed by atoms with E-state index in [1.54, 1.807) is 6.92 Å². The Kier molecular flexibility index (Phi) is 5.98. The largest absolute Gasteiger partial charge is 0.450 e. The van der Waals surface area contributed by atoms with Crippen LogP contribution in [0.1, 0.15) is 12.5 Å². The highest BCUT2D eigenvalue weighted by Crippen LogP contribution is 1.98. The highest BCUT2D eigenvalue weighted by Gasteiger charge is 2.03. The number of carbonyl (C=O) groups excluding carboxylic acids is 1. The molecule has 0 aromatic heterocycles. The number of ether oxygens (including phenoxy) is 1. The minimum atomic E-state index is -0.603. The number of hydrogen-bond acceptors (Lipinski definition) is 4. The first-order valence-corrected chi connectivity index (χ1v) is 5.52. The average Bonchev–Trinajstić information content (AvgIpc) is 2.30. The van der Waals surface area contributed by atoms with Crippen LogP contribution in [0.25, 0.3) is 0 Å². The molecule has 6 heteroatoms. The van der Waals surface area contributed by atoms with Gasteiger partial charge in [0.15, 0.2) is 5.11 Å². The van der Waals surface area contributed by atoms with Crippen molar-refractivity contribution >= 4 is 23.4 Å². The highest BCUT2D eigenvalue weighted by atomic mass is 32.1. The van der Waals surface area contributed by atoms with Gasteiger partial charge in [0.05, 0.1) is 13.2 Å². The Morgan fingerprint density at radius 1 is 1.35 bits per heavy atom. The number of nitrogens with one attached hydrogen (secondary N) is 2. The molecular formula is C11H14N2O3S. The lowest BCUT2D eigenvalue weighted by Gasteiger charge is -2.09. The Labute approximate surface area is 105 Å². The lowest BCUT2D eigenvalue weighted by Crippen LogP contribution is -2.39. The summed E-state index contributed by atoms with van der Waals surface area (Å²) in [6.07, 6.45) is -0.603. The van der Waals surface area contributed by atoms with Crippen molar-refractivity contribution in [2.24, 2.45) is 0 Å². The quantitative estimate of drug-likeness (QED) is 0.633. The number of benzene rings is 1. The minimum Gasteiger partial charge on any atom is -0.450 e. The Bertz CT molecular complexity index is 370. The van der Waals surface area contributed by atoms with Crippen LogP contribution in [-0.2, 0) is 16.2 Å². The summed E-state index contributed by atoms with van der Waals surface area (Å²) in [4.78, 5) is 16.1.